The molecule has 1 aromatic rings. The number of aromatic nitrogens is 2. The van der Waals surface area contributed by atoms with Crippen molar-refractivity contribution in [1.29, 1.82) is 0 Å². The Balaban J connectivity index is 2.30. The van der Waals surface area contributed by atoms with Crippen LogP contribution in [0.5, 0.6) is 0 Å². The van der Waals surface area contributed by atoms with E-state index in [0.29, 0.717) is 17.1 Å². The zero-order chi connectivity index (χ0) is 14.9. The molecule has 2 atom stereocenters. The Morgan fingerprint density at radius 1 is 1.25 bits per heavy atom. The van der Waals surface area contributed by atoms with E-state index in [1.807, 2.05) is 6.92 Å². The summed E-state index contributed by atoms with van der Waals surface area (Å²) in [6, 6.07) is 0.573. The molecule has 0 bridgehead atoms. The van der Waals surface area contributed by atoms with Gasteiger partial charge < -0.3 is 4.90 Å². The lowest BCUT2D eigenvalue weighted by Gasteiger charge is -2.35. The van der Waals surface area contributed by atoms with Crippen LogP contribution in [0.3, 0.4) is 0 Å². The van der Waals surface area contributed by atoms with Gasteiger partial charge in [0.1, 0.15) is 16.8 Å². The SMILES string of the molecule is Cc1c(Cl)nc(C(C)C)nc1N(C)C1CCCC(C)C1. The summed E-state index contributed by atoms with van der Waals surface area (Å²) < 4.78 is 0. The van der Waals surface area contributed by atoms with Crippen molar-refractivity contribution >= 4 is 17.4 Å². The molecule has 0 spiro atoms. The van der Waals surface area contributed by atoms with E-state index in [-0.39, 0.29) is 0 Å². The predicted octanol–water partition coefficient (Wildman–Crippen LogP) is 4.58. The van der Waals surface area contributed by atoms with Gasteiger partial charge in [-0.15, -0.1) is 0 Å². The summed E-state index contributed by atoms with van der Waals surface area (Å²) in [5.41, 5.74) is 0.997. The Hall–Kier alpha value is -0.830. The summed E-state index contributed by atoms with van der Waals surface area (Å²) in [6.45, 7) is 8.57. The monoisotopic (exact) mass is 295 g/mol. The highest BCUT2D eigenvalue weighted by atomic mass is 35.5. The lowest BCUT2D eigenvalue weighted by molar-refractivity contribution is 0.335. The smallest absolute Gasteiger partial charge is 0.137 e. The van der Waals surface area contributed by atoms with Crippen LogP contribution in [-0.2, 0) is 0 Å². The molecule has 1 fully saturated rings. The topological polar surface area (TPSA) is 29.0 Å². The van der Waals surface area contributed by atoms with E-state index in [4.69, 9.17) is 16.6 Å². The second-order valence-corrected chi connectivity index (χ2v) is 6.87. The molecule has 20 heavy (non-hydrogen) atoms. The van der Waals surface area contributed by atoms with Crippen LogP contribution in [0.2, 0.25) is 5.15 Å². The fraction of sp³-hybridized carbons (Fsp3) is 0.750. The molecule has 1 aromatic heterocycles. The molecule has 2 rings (SSSR count). The Morgan fingerprint density at radius 3 is 2.55 bits per heavy atom. The zero-order valence-electron chi connectivity index (χ0n) is 13.3. The van der Waals surface area contributed by atoms with Crippen LogP contribution >= 0.6 is 11.6 Å². The maximum absolute atomic E-state index is 6.30. The van der Waals surface area contributed by atoms with Gasteiger partial charge in [0.15, 0.2) is 0 Å². The third kappa shape index (κ3) is 3.25. The highest BCUT2D eigenvalue weighted by Gasteiger charge is 2.25. The Kier molecular flexibility index (Phi) is 4.90. The number of anilines is 1. The van der Waals surface area contributed by atoms with Gasteiger partial charge in [0.25, 0.3) is 0 Å². The van der Waals surface area contributed by atoms with E-state index >= 15 is 0 Å². The van der Waals surface area contributed by atoms with Crippen LogP contribution in [0.25, 0.3) is 0 Å². The third-order valence-corrected chi connectivity index (χ3v) is 4.75. The van der Waals surface area contributed by atoms with Crippen molar-refractivity contribution in [3.63, 3.8) is 0 Å². The molecule has 0 N–H and O–H groups in total. The number of halogens is 1. The van der Waals surface area contributed by atoms with Crippen LogP contribution in [0.15, 0.2) is 0 Å². The van der Waals surface area contributed by atoms with Gasteiger partial charge in [-0.05, 0) is 25.7 Å². The van der Waals surface area contributed by atoms with Crippen molar-refractivity contribution < 1.29 is 0 Å². The molecule has 1 aliphatic rings. The average molecular weight is 296 g/mol. The molecule has 3 nitrogen and oxygen atoms in total. The van der Waals surface area contributed by atoms with Crippen LogP contribution in [0.4, 0.5) is 5.82 Å². The fourth-order valence-corrected chi connectivity index (χ4v) is 3.19. The highest BCUT2D eigenvalue weighted by molar-refractivity contribution is 6.30. The van der Waals surface area contributed by atoms with Gasteiger partial charge in [-0.2, -0.15) is 0 Å². The zero-order valence-corrected chi connectivity index (χ0v) is 14.0. The summed E-state index contributed by atoms with van der Waals surface area (Å²) in [7, 11) is 2.15. The third-order valence-electron chi connectivity index (χ3n) is 4.38. The second-order valence-electron chi connectivity index (χ2n) is 6.51. The number of hydrogen-bond acceptors (Lipinski definition) is 3. The lowest BCUT2D eigenvalue weighted by Crippen LogP contribution is -2.36. The molecule has 0 aromatic carbocycles. The van der Waals surface area contributed by atoms with E-state index in [0.717, 1.165) is 23.1 Å². The van der Waals surface area contributed by atoms with Gasteiger partial charge in [-0.1, -0.05) is 45.2 Å². The average Bonchev–Trinajstić information content (AvgIpc) is 2.40. The van der Waals surface area contributed by atoms with Crippen LogP contribution in [-0.4, -0.2) is 23.1 Å². The summed E-state index contributed by atoms with van der Waals surface area (Å²) in [4.78, 5) is 11.5. The summed E-state index contributed by atoms with van der Waals surface area (Å²) >= 11 is 6.30. The first-order valence-corrected chi connectivity index (χ1v) is 8.04. The van der Waals surface area contributed by atoms with Crippen molar-refractivity contribution in [2.45, 2.75) is 65.3 Å². The molecular formula is C16H26ClN3. The number of hydrogen-bond donors (Lipinski definition) is 0. The molecule has 1 saturated carbocycles. The molecule has 4 heteroatoms. The minimum atomic E-state index is 0.297. The van der Waals surface area contributed by atoms with Crippen molar-refractivity contribution in [2.75, 3.05) is 11.9 Å². The van der Waals surface area contributed by atoms with Crippen molar-refractivity contribution in [3.8, 4) is 0 Å². The Morgan fingerprint density at radius 2 is 1.95 bits per heavy atom. The van der Waals surface area contributed by atoms with Crippen LogP contribution < -0.4 is 4.90 Å². The fourth-order valence-electron chi connectivity index (χ4n) is 3.02. The van der Waals surface area contributed by atoms with Gasteiger partial charge in [0, 0.05) is 24.6 Å². The van der Waals surface area contributed by atoms with Gasteiger partial charge in [0.2, 0.25) is 0 Å². The van der Waals surface area contributed by atoms with Crippen LogP contribution in [0.1, 0.15) is 63.8 Å². The molecule has 0 aliphatic heterocycles. The van der Waals surface area contributed by atoms with Gasteiger partial charge in [0.05, 0.1) is 0 Å². The minimum Gasteiger partial charge on any atom is -0.356 e. The van der Waals surface area contributed by atoms with Crippen molar-refractivity contribution in [3.05, 3.63) is 16.5 Å². The summed E-state index contributed by atoms with van der Waals surface area (Å²) in [6.07, 6.45) is 5.16. The van der Waals surface area contributed by atoms with Gasteiger partial charge in [-0.3, -0.25) is 0 Å². The van der Waals surface area contributed by atoms with E-state index in [2.05, 4.69) is 37.7 Å². The maximum atomic E-state index is 6.30. The Bertz CT molecular complexity index is 473. The largest absolute Gasteiger partial charge is 0.356 e. The molecule has 1 aliphatic carbocycles. The Labute approximate surface area is 127 Å². The molecule has 0 amide bonds. The minimum absolute atomic E-state index is 0.297. The van der Waals surface area contributed by atoms with E-state index in [1.54, 1.807) is 0 Å². The van der Waals surface area contributed by atoms with Crippen LogP contribution in [0, 0.1) is 12.8 Å². The van der Waals surface area contributed by atoms with E-state index < -0.39 is 0 Å². The first kappa shape index (κ1) is 15.6. The first-order chi connectivity index (χ1) is 9.40. The first-order valence-electron chi connectivity index (χ1n) is 7.67. The van der Waals surface area contributed by atoms with Gasteiger partial charge in [-0.25, -0.2) is 9.97 Å². The molecule has 2 unspecified atom stereocenters. The van der Waals surface area contributed by atoms with E-state index in [9.17, 15) is 0 Å². The number of rotatable bonds is 3. The number of nitrogens with zero attached hydrogens (tertiary/aromatic N) is 3. The van der Waals surface area contributed by atoms with Gasteiger partial charge >= 0.3 is 0 Å². The highest BCUT2D eigenvalue weighted by Crippen LogP contribution is 2.32. The second kappa shape index (κ2) is 6.30. The maximum Gasteiger partial charge on any atom is 0.137 e. The van der Waals surface area contributed by atoms with E-state index in [1.165, 1.54) is 25.7 Å². The molecule has 1 heterocycles. The van der Waals surface area contributed by atoms with Crippen molar-refractivity contribution in [2.24, 2.45) is 5.92 Å². The van der Waals surface area contributed by atoms with Crippen molar-refractivity contribution in [1.82, 2.24) is 9.97 Å². The standard InChI is InChI=1S/C16H26ClN3/c1-10(2)15-18-14(17)12(4)16(19-15)20(5)13-8-6-7-11(3)9-13/h10-11,13H,6-9H2,1-5H3. The lowest BCUT2D eigenvalue weighted by atomic mass is 9.86. The molecule has 0 radical (unpaired) electrons. The molecular weight excluding hydrogens is 270 g/mol. The summed E-state index contributed by atoms with van der Waals surface area (Å²) in [5, 5.41) is 0.592. The normalized spacial score (nSPS) is 23.1. The summed E-state index contributed by atoms with van der Waals surface area (Å²) in [5.74, 6) is 2.95. The quantitative estimate of drug-likeness (QED) is 0.765. The molecule has 0 saturated heterocycles. The molecule has 112 valence electrons. The predicted molar refractivity (Wildman–Crippen MR) is 85.7 cm³/mol.